The highest BCUT2D eigenvalue weighted by atomic mass is 16.3. The van der Waals surface area contributed by atoms with Gasteiger partial charge in [-0.05, 0) is 32.4 Å². The fraction of sp³-hybridized carbons (Fsp3) is 1.00. The van der Waals surface area contributed by atoms with Crippen molar-refractivity contribution in [1.82, 2.24) is 10.2 Å². The molecule has 3 heteroatoms. The maximum absolute atomic E-state index is 9.63. The van der Waals surface area contributed by atoms with Gasteiger partial charge in [-0.2, -0.15) is 0 Å². The summed E-state index contributed by atoms with van der Waals surface area (Å²) in [7, 11) is 0. The van der Waals surface area contributed by atoms with E-state index < -0.39 is 0 Å². The molecule has 0 aromatic carbocycles. The van der Waals surface area contributed by atoms with Gasteiger partial charge in [-0.3, -0.25) is 0 Å². The molecule has 2 N–H and O–H groups in total. The van der Waals surface area contributed by atoms with E-state index in [1.54, 1.807) is 0 Å². The molecule has 0 aliphatic heterocycles. The summed E-state index contributed by atoms with van der Waals surface area (Å²) in [6, 6.07) is 1.09. The van der Waals surface area contributed by atoms with Crippen molar-refractivity contribution >= 4 is 0 Å². The lowest BCUT2D eigenvalue weighted by molar-refractivity contribution is 0.139. The monoisotopic (exact) mass is 228 g/mol. The Morgan fingerprint density at radius 3 is 2.44 bits per heavy atom. The molecule has 0 spiro atoms. The molecule has 0 bridgehead atoms. The van der Waals surface area contributed by atoms with E-state index in [4.69, 9.17) is 0 Å². The molecule has 0 amide bonds. The van der Waals surface area contributed by atoms with Crippen LogP contribution in [0.1, 0.15) is 47.0 Å². The molecule has 1 fully saturated rings. The van der Waals surface area contributed by atoms with E-state index in [2.05, 4.69) is 37.9 Å². The summed E-state index contributed by atoms with van der Waals surface area (Å²) in [6.45, 7) is 11.2. The van der Waals surface area contributed by atoms with Crippen molar-refractivity contribution in [3.05, 3.63) is 0 Å². The highest BCUT2D eigenvalue weighted by Gasteiger charge is 2.40. The lowest BCUT2D eigenvalue weighted by atomic mass is 9.97. The van der Waals surface area contributed by atoms with Gasteiger partial charge < -0.3 is 15.3 Å². The second-order valence-corrected chi connectivity index (χ2v) is 5.36. The Hall–Kier alpha value is -0.120. The zero-order valence-corrected chi connectivity index (χ0v) is 11.3. The Bertz CT molecular complexity index is 204. The number of hydrogen-bond donors (Lipinski definition) is 2. The van der Waals surface area contributed by atoms with Crippen LogP contribution in [0.5, 0.6) is 0 Å². The SMILES string of the molecule is CCN(CC)C1CCC(CO)(NC(C)C)C1. The fourth-order valence-electron chi connectivity index (χ4n) is 3.08. The maximum Gasteiger partial charge on any atom is 0.0614 e. The Morgan fingerprint density at radius 2 is 2.00 bits per heavy atom. The molecule has 0 heterocycles. The van der Waals surface area contributed by atoms with Gasteiger partial charge in [0.1, 0.15) is 0 Å². The van der Waals surface area contributed by atoms with Crippen molar-refractivity contribution in [3.8, 4) is 0 Å². The first kappa shape index (κ1) is 13.9. The number of nitrogens with one attached hydrogen (secondary N) is 1. The molecule has 0 aromatic rings. The van der Waals surface area contributed by atoms with Gasteiger partial charge >= 0.3 is 0 Å². The summed E-state index contributed by atoms with van der Waals surface area (Å²) in [5, 5.41) is 13.2. The van der Waals surface area contributed by atoms with E-state index in [-0.39, 0.29) is 12.1 Å². The van der Waals surface area contributed by atoms with Crippen molar-refractivity contribution in [2.45, 2.75) is 64.6 Å². The lowest BCUT2D eigenvalue weighted by Crippen LogP contribution is -2.50. The summed E-state index contributed by atoms with van der Waals surface area (Å²) in [6.07, 6.45) is 3.40. The van der Waals surface area contributed by atoms with Gasteiger partial charge in [-0.15, -0.1) is 0 Å². The minimum atomic E-state index is -0.0264. The Morgan fingerprint density at radius 1 is 1.38 bits per heavy atom. The van der Waals surface area contributed by atoms with Gasteiger partial charge in [-0.25, -0.2) is 0 Å². The number of nitrogens with zero attached hydrogens (tertiary/aromatic N) is 1. The molecule has 1 aliphatic carbocycles. The number of hydrogen-bond acceptors (Lipinski definition) is 3. The zero-order valence-electron chi connectivity index (χ0n) is 11.3. The van der Waals surface area contributed by atoms with Gasteiger partial charge in [-0.1, -0.05) is 27.7 Å². The largest absolute Gasteiger partial charge is 0.394 e. The van der Waals surface area contributed by atoms with E-state index in [0.29, 0.717) is 12.1 Å². The van der Waals surface area contributed by atoms with Gasteiger partial charge in [0, 0.05) is 17.6 Å². The minimum absolute atomic E-state index is 0.0264. The van der Waals surface area contributed by atoms with Crippen molar-refractivity contribution in [3.63, 3.8) is 0 Å². The van der Waals surface area contributed by atoms with Crippen molar-refractivity contribution in [1.29, 1.82) is 0 Å². The van der Waals surface area contributed by atoms with E-state index >= 15 is 0 Å². The first-order valence-corrected chi connectivity index (χ1v) is 6.69. The molecule has 1 saturated carbocycles. The van der Waals surface area contributed by atoms with Crippen molar-refractivity contribution in [2.75, 3.05) is 19.7 Å². The Balaban J connectivity index is 2.59. The van der Waals surface area contributed by atoms with Crippen molar-refractivity contribution in [2.24, 2.45) is 0 Å². The van der Waals surface area contributed by atoms with Gasteiger partial charge in [0.25, 0.3) is 0 Å². The van der Waals surface area contributed by atoms with E-state index in [1.807, 2.05) is 0 Å². The molecule has 2 atom stereocenters. The summed E-state index contributed by atoms with van der Waals surface area (Å²) in [5.41, 5.74) is -0.0264. The highest BCUT2D eigenvalue weighted by molar-refractivity contribution is 4.99. The topological polar surface area (TPSA) is 35.5 Å². The Labute approximate surface area is 100 Å². The summed E-state index contributed by atoms with van der Waals surface area (Å²) < 4.78 is 0. The van der Waals surface area contributed by atoms with Crippen LogP contribution < -0.4 is 5.32 Å². The quantitative estimate of drug-likeness (QED) is 0.725. The van der Waals surface area contributed by atoms with E-state index in [9.17, 15) is 5.11 Å². The third kappa shape index (κ3) is 3.19. The van der Waals surface area contributed by atoms with Crippen LogP contribution in [0.4, 0.5) is 0 Å². The summed E-state index contributed by atoms with van der Waals surface area (Å²) >= 11 is 0. The molecule has 0 aromatic heterocycles. The molecule has 1 aliphatic rings. The molecule has 1 rings (SSSR count). The first-order valence-electron chi connectivity index (χ1n) is 6.69. The zero-order chi connectivity index (χ0) is 12.2. The third-order valence-electron chi connectivity index (χ3n) is 3.81. The fourth-order valence-corrected chi connectivity index (χ4v) is 3.08. The molecule has 0 saturated heterocycles. The smallest absolute Gasteiger partial charge is 0.0614 e. The standard InChI is InChI=1S/C13H28N2O/c1-5-15(6-2)12-7-8-13(9-12,10-16)14-11(3)4/h11-12,14,16H,5-10H2,1-4H3. The second-order valence-electron chi connectivity index (χ2n) is 5.36. The van der Waals surface area contributed by atoms with Crippen molar-refractivity contribution < 1.29 is 5.11 Å². The minimum Gasteiger partial charge on any atom is -0.394 e. The average Bonchev–Trinajstić information content (AvgIpc) is 2.64. The van der Waals surface area contributed by atoms with Crippen LogP contribution in [0, 0.1) is 0 Å². The van der Waals surface area contributed by atoms with Crippen LogP contribution in [0.2, 0.25) is 0 Å². The molecule has 96 valence electrons. The van der Waals surface area contributed by atoms with E-state index in [1.165, 1.54) is 6.42 Å². The van der Waals surface area contributed by atoms with Crippen LogP contribution in [0.25, 0.3) is 0 Å². The first-order chi connectivity index (χ1) is 7.56. The molecular formula is C13H28N2O. The van der Waals surface area contributed by atoms with Crippen LogP contribution in [0.3, 0.4) is 0 Å². The second kappa shape index (κ2) is 5.99. The summed E-state index contributed by atoms with van der Waals surface area (Å²) in [5.74, 6) is 0. The van der Waals surface area contributed by atoms with Crippen LogP contribution in [0.15, 0.2) is 0 Å². The van der Waals surface area contributed by atoms with Gasteiger partial charge in [0.15, 0.2) is 0 Å². The number of aliphatic hydroxyl groups excluding tert-OH is 1. The normalized spacial score (nSPS) is 30.6. The highest BCUT2D eigenvalue weighted by Crippen LogP contribution is 2.33. The molecular weight excluding hydrogens is 200 g/mol. The predicted molar refractivity (Wildman–Crippen MR) is 68.6 cm³/mol. The molecule has 3 nitrogen and oxygen atoms in total. The number of rotatable bonds is 6. The van der Waals surface area contributed by atoms with Crippen LogP contribution >= 0.6 is 0 Å². The third-order valence-corrected chi connectivity index (χ3v) is 3.81. The molecule has 2 unspecified atom stereocenters. The van der Waals surface area contributed by atoms with Gasteiger partial charge in [0.2, 0.25) is 0 Å². The Kier molecular flexibility index (Phi) is 5.22. The lowest BCUT2D eigenvalue weighted by Gasteiger charge is -2.33. The van der Waals surface area contributed by atoms with Gasteiger partial charge in [0.05, 0.1) is 6.61 Å². The number of aliphatic hydroxyl groups is 1. The summed E-state index contributed by atoms with van der Waals surface area (Å²) in [4.78, 5) is 2.51. The molecule has 0 radical (unpaired) electrons. The van der Waals surface area contributed by atoms with Crippen LogP contribution in [-0.4, -0.2) is 47.3 Å². The van der Waals surface area contributed by atoms with Crippen LogP contribution in [-0.2, 0) is 0 Å². The average molecular weight is 228 g/mol. The maximum atomic E-state index is 9.63. The van der Waals surface area contributed by atoms with E-state index in [0.717, 1.165) is 25.9 Å². The predicted octanol–water partition coefficient (Wildman–Crippen LogP) is 1.61. The molecule has 16 heavy (non-hydrogen) atoms.